The van der Waals surface area contributed by atoms with Gasteiger partial charge in [-0.25, -0.2) is 0 Å². The Balaban J connectivity index is 2.00. The lowest BCUT2D eigenvalue weighted by molar-refractivity contribution is 0.302. The zero-order chi connectivity index (χ0) is 10.7. The van der Waals surface area contributed by atoms with Crippen LogP contribution >= 0.6 is 0 Å². The van der Waals surface area contributed by atoms with Crippen molar-refractivity contribution in [2.75, 3.05) is 6.61 Å². The summed E-state index contributed by atoms with van der Waals surface area (Å²) in [6.45, 7) is 4.20. The number of allylic oxidation sites excluding steroid dienone is 4. The molecule has 0 aromatic heterocycles. The van der Waals surface area contributed by atoms with Crippen LogP contribution in [-0.4, -0.2) is 11.7 Å². The van der Waals surface area contributed by atoms with E-state index in [4.69, 9.17) is 5.11 Å². The standard InChI is InChI=1S/C14H20O/c1-2-11-10-12(6-3-4-9-15)14-8-5-7-13(11)14/h2-3,5-7,11-15H,1,4,8-10H2/b6-3+. The SMILES string of the molecule is C=CC1CC(/C=C/CCO)C2CC=CC12. The molecule has 2 aliphatic rings. The van der Waals surface area contributed by atoms with Gasteiger partial charge in [0, 0.05) is 6.61 Å². The number of rotatable bonds is 4. The quantitative estimate of drug-likeness (QED) is 0.698. The van der Waals surface area contributed by atoms with Gasteiger partial charge in [-0.05, 0) is 42.9 Å². The van der Waals surface area contributed by atoms with Crippen molar-refractivity contribution in [3.05, 3.63) is 37.0 Å². The molecule has 15 heavy (non-hydrogen) atoms. The van der Waals surface area contributed by atoms with Crippen molar-refractivity contribution in [1.82, 2.24) is 0 Å². The van der Waals surface area contributed by atoms with Crippen molar-refractivity contribution >= 4 is 0 Å². The molecule has 0 saturated heterocycles. The molecule has 0 aliphatic heterocycles. The largest absolute Gasteiger partial charge is 0.396 e. The summed E-state index contributed by atoms with van der Waals surface area (Å²) < 4.78 is 0. The van der Waals surface area contributed by atoms with Gasteiger partial charge in [0.15, 0.2) is 0 Å². The molecule has 0 aromatic rings. The first-order chi connectivity index (χ1) is 7.36. The van der Waals surface area contributed by atoms with E-state index < -0.39 is 0 Å². The Morgan fingerprint density at radius 1 is 1.40 bits per heavy atom. The second-order valence-electron chi connectivity index (χ2n) is 4.64. The van der Waals surface area contributed by atoms with Gasteiger partial charge < -0.3 is 5.11 Å². The van der Waals surface area contributed by atoms with Crippen LogP contribution in [0.3, 0.4) is 0 Å². The molecule has 1 saturated carbocycles. The van der Waals surface area contributed by atoms with Crippen LogP contribution in [0.1, 0.15) is 19.3 Å². The van der Waals surface area contributed by atoms with Gasteiger partial charge >= 0.3 is 0 Å². The van der Waals surface area contributed by atoms with E-state index in [2.05, 4.69) is 37.0 Å². The van der Waals surface area contributed by atoms with E-state index in [1.807, 2.05) is 0 Å². The summed E-state index contributed by atoms with van der Waals surface area (Å²) in [5.41, 5.74) is 0. The van der Waals surface area contributed by atoms with Crippen LogP contribution in [0.2, 0.25) is 0 Å². The van der Waals surface area contributed by atoms with Crippen molar-refractivity contribution in [2.24, 2.45) is 23.7 Å². The van der Waals surface area contributed by atoms with Crippen LogP contribution in [-0.2, 0) is 0 Å². The average Bonchev–Trinajstić information content (AvgIpc) is 2.81. The normalized spacial score (nSPS) is 38.7. The Morgan fingerprint density at radius 3 is 3.00 bits per heavy atom. The van der Waals surface area contributed by atoms with Crippen LogP contribution in [0, 0.1) is 23.7 Å². The summed E-state index contributed by atoms with van der Waals surface area (Å²) in [5.74, 6) is 2.88. The van der Waals surface area contributed by atoms with Crippen LogP contribution in [0.15, 0.2) is 37.0 Å². The fraction of sp³-hybridized carbons (Fsp3) is 0.571. The molecule has 0 bridgehead atoms. The van der Waals surface area contributed by atoms with Crippen LogP contribution in [0.25, 0.3) is 0 Å². The number of hydrogen-bond acceptors (Lipinski definition) is 1. The van der Waals surface area contributed by atoms with Crippen molar-refractivity contribution in [3.8, 4) is 0 Å². The molecule has 2 rings (SSSR count). The van der Waals surface area contributed by atoms with Crippen molar-refractivity contribution in [3.63, 3.8) is 0 Å². The lowest BCUT2D eigenvalue weighted by Gasteiger charge is -2.15. The Labute approximate surface area is 92.2 Å². The Morgan fingerprint density at radius 2 is 2.27 bits per heavy atom. The van der Waals surface area contributed by atoms with E-state index in [1.54, 1.807) is 0 Å². The highest BCUT2D eigenvalue weighted by Gasteiger charge is 2.40. The van der Waals surface area contributed by atoms with Gasteiger partial charge in [0.25, 0.3) is 0 Å². The van der Waals surface area contributed by atoms with Gasteiger partial charge in [0.2, 0.25) is 0 Å². The zero-order valence-corrected chi connectivity index (χ0v) is 9.18. The van der Waals surface area contributed by atoms with Gasteiger partial charge in [0.05, 0.1) is 0 Å². The van der Waals surface area contributed by atoms with Gasteiger partial charge in [-0.3, -0.25) is 0 Å². The van der Waals surface area contributed by atoms with E-state index in [-0.39, 0.29) is 6.61 Å². The summed E-state index contributed by atoms with van der Waals surface area (Å²) in [5, 5.41) is 8.75. The Bertz CT molecular complexity index is 277. The highest BCUT2D eigenvalue weighted by atomic mass is 16.2. The summed E-state index contributed by atoms with van der Waals surface area (Å²) in [7, 11) is 0. The number of fused-ring (bicyclic) bond motifs is 1. The minimum Gasteiger partial charge on any atom is -0.396 e. The molecule has 1 N–H and O–H groups in total. The van der Waals surface area contributed by atoms with E-state index in [1.165, 1.54) is 12.8 Å². The highest BCUT2D eigenvalue weighted by Crippen LogP contribution is 2.48. The summed E-state index contributed by atoms with van der Waals surface area (Å²) >= 11 is 0. The third-order valence-corrected chi connectivity index (χ3v) is 3.83. The summed E-state index contributed by atoms with van der Waals surface area (Å²) in [4.78, 5) is 0. The second kappa shape index (κ2) is 4.80. The van der Waals surface area contributed by atoms with Gasteiger partial charge in [-0.2, -0.15) is 0 Å². The number of aliphatic hydroxyl groups excluding tert-OH is 1. The topological polar surface area (TPSA) is 20.2 Å². The monoisotopic (exact) mass is 204 g/mol. The second-order valence-corrected chi connectivity index (χ2v) is 4.64. The van der Waals surface area contributed by atoms with Crippen molar-refractivity contribution in [2.45, 2.75) is 19.3 Å². The Hall–Kier alpha value is -0.820. The molecule has 4 unspecified atom stereocenters. The summed E-state index contributed by atoms with van der Waals surface area (Å²) in [6, 6.07) is 0. The lowest BCUT2D eigenvalue weighted by Crippen LogP contribution is -2.09. The fourth-order valence-corrected chi connectivity index (χ4v) is 3.08. The molecule has 0 spiro atoms. The number of hydrogen-bond donors (Lipinski definition) is 1. The molecular weight excluding hydrogens is 184 g/mol. The van der Waals surface area contributed by atoms with Crippen LogP contribution in [0.4, 0.5) is 0 Å². The molecule has 1 heteroatoms. The molecule has 2 aliphatic carbocycles. The zero-order valence-electron chi connectivity index (χ0n) is 9.18. The lowest BCUT2D eigenvalue weighted by atomic mass is 9.89. The van der Waals surface area contributed by atoms with Crippen LogP contribution < -0.4 is 0 Å². The smallest absolute Gasteiger partial charge is 0.0465 e. The molecule has 1 nitrogen and oxygen atoms in total. The van der Waals surface area contributed by atoms with Gasteiger partial charge in [-0.1, -0.05) is 30.4 Å². The maximum absolute atomic E-state index is 8.75. The maximum Gasteiger partial charge on any atom is 0.0465 e. The predicted molar refractivity (Wildman–Crippen MR) is 63.4 cm³/mol. The first kappa shape index (κ1) is 10.7. The molecule has 0 heterocycles. The molecule has 0 aromatic carbocycles. The number of aliphatic hydroxyl groups is 1. The van der Waals surface area contributed by atoms with Gasteiger partial charge in [-0.15, -0.1) is 6.58 Å². The maximum atomic E-state index is 8.75. The molecule has 0 amide bonds. The minimum absolute atomic E-state index is 0.264. The van der Waals surface area contributed by atoms with E-state index in [9.17, 15) is 0 Å². The average molecular weight is 204 g/mol. The molecule has 1 fully saturated rings. The van der Waals surface area contributed by atoms with Crippen LogP contribution in [0.5, 0.6) is 0 Å². The van der Waals surface area contributed by atoms with Gasteiger partial charge in [0.1, 0.15) is 0 Å². The summed E-state index contributed by atoms with van der Waals surface area (Å²) in [6.07, 6.45) is 14.5. The first-order valence-electron chi connectivity index (χ1n) is 5.93. The van der Waals surface area contributed by atoms with E-state index in [0.717, 1.165) is 18.3 Å². The van der Waals surface area contributed by atoms with Crippen molar-refractivity contribution in [1.29, 1.82) is 0 Å². The van der Waals surface area contributed by atoms with E-state index >= 15 is 0 Å². The molecule has 0 radical (unpaired) electrons. The molecular formula is C14H20O. The molecule has 4 atom stereocenters. The van der Waals surface area contributed by atoms with E-state index in [0.29, 0.717) is 11.8 Å². The molecule has 82 valence electrons. The third kappa shape index (κ3) is 2.07. The highest BCUT2D eigenvalue weighted by molar-refractivity contribution is 5.15. The Kier molecular flexibility index (Phi) is 3.42. The van der Waals surface area contributed by atoms with Crippen molar-refractivity contribution < 1.29 is 5.11 Å². The minimum atomic E-state index is 0.264. The first-order valence-corrected chi connectivity index (χ1v) is 5.93. The predicted octanol–water partition coefficient (Wildman–Crippen LogP) is 2.94. The third-order valence-electron chi connectivity index (χ3n) is 3.83. The fourth-order valence-electron chi connectivity index (χ4n) is 3.08.